The van der Waals surface area contributed by atoms with E-state index in [1.807, 2.05) is 11.8 Å². The van der Waals surface area contributed by atoms with Gasteiger partial charge in [0.1, 0.15) is 11.8 Å². The predicted molar refractivity (Wildman–Crippen MR) is 152 cm³/mol. The number of thioether (sulfide) groups is 1. The Morgan fingerprint density at radius 2 is 1.71 bits per heavy atom. The molecule has 1 aliphatic heterocycles. The van der Waals surface area contributed by atoms with E-state index in [-0.39, 0.29) is 34.6 Å². The van der Waals surface area contributed by atoms with Crippen LogP contribution < -0.4 is 20.7 Å². The number of benzene rings is 1. The van der Waals surface area contributed by atoms with Crippen LogP contribution in [0.1, 0.15) is 84.0 Å². The van der Waals surface area contributed by atoms with E-state index in [1.54, 1.807) is 18.2 Å². The van der Waals surface area contributed by atoms with Gasteiger partial charge in [0.25, 0.3) is 5.91 Å². The molecule has 5 aliphatic rings. The number of ether oxygens (including phenoxy) is 1. The van der Waals surface area contributed by atoms with Crippen molar-refractivity contribution in [2.45, 2.75) is 117 Å². The molecule has 5 fully saturated rings. The number of aliphatic hydroxyl groups excluding tert-OH is 1. The zero-order valence-electron chi connectivity index (χ0n) is 22.0. The summed E-state index contributed by atoms with van der Waals surface area (Å²) in [6, 6.07) is 4.64. The summed E-state index contributed by atoms with van der Waals surface area (Å²) in [5, 5.41) is 22.3. The normalized spacial score (nSPS) is 34.4. The number of fused-ring (bicyclic) bond motifs is 3. The average Bonchev–Trinajstić information content (AvgIpc) is 3.20. The Kier molecular flexibility index (Phi) is 8.47. The first-order valence-electron chi connectivity index (χ1n) is 14.0. The molecule has 4 N–H and O–H groups in total. The van der Waals surface area contributed by atoms with Crippen molar-refractivity contribution in [2.24, 2.45) is 0 Å². The zero-order valence-corrected chi connectivity index (χ0v) is 24.3. The lowest BCUT2D eigenvalue weighted by Gasteiger charge is -2.56. The van der Waals surface area contributed by atoms with E-state index in [0.29, 0.717) is 35.1 Å². The summed E-state index contributed by atoms with van der Waals surface area (Å²) in [7, 11) is 0. The summed E-state index contributed by atoms with van der Waals surface area (Å²) in [5.41, 5.74) is -1.12. The van der Waals surface area contributed by atoms with Crippen molar-refractivity contribution in [2.75, 3.05) is 6.61 Å². The first-order chi connectivity index (χ1) is 18.1. The molecule has 1 spiro atoms. The molecule has 4 aliphatic carbocycles. The Morgan fingerprint density at radius 1 is 1.03 bits per heavy atom. The van der Waals surface area contributed by atoms with Gasteiger partial charge in [-0.05, 0) is 64.0 Å². The number of halogens is 2. The van der Waals surface area contributed by atoms with Gasteiger partial charge in [0.15, 0.2) is 6.61 Å². The number of hydrogen-bond donors (Lipinski definition) is 4. The molecule has 3 atom stereocenters. The van der Waals surface area contributed by atoms with E-state index in [9.17, 15) is 14.7 Å². The fourth-order valence-electron chi connectivity index (χ4n) is 7.09. The maximum absolute atomic E-state index is 13.8. The smallest absolute Gasteiger partial charge is 0.258 e. The molecule has 10 heteroatoms. The number of carbonyl (C=O) groups is 2. The molecule has 4 saturated carbocycles. The third kappa shape index (κ3) is 5.80. The molecule has 2 unspecified atom stereocenters. The van der Waals surface area contributed by atoms with Gasteiger partial charge in [0.2, 0.25) is 5.91 Å². The molecule has 1 aromatic carbocycles. The lowest BCUT2D eigenvalue weighted by molar-refractivity contribution is -0.137. The highest BCUT2D eigenvalue weighted by Crippen LogP contribution is 2.49. The molecule has 0 aromatic heterocycles. The summed E-state index contributed by atoms with van der Waals surface area (Å²) in [5.74, 6) is 0.237. The molecule has 1 heterocycles. The summed E-state index contributed by atoms with van der Waals surface area (Å²) < 4.78 is 5.54. The third-order valence-electron chi connectivity index (χ3n) is 9.16. The van der Waals surface area contributed by atoms with Crippen LogP contribution in [0.2, 0.25) is 10.0 Å². The van der Waals surface area contributed by atoms with Crippen LogP contribution in [-0.4, -0.2) is 56.9 Å². The Labute approximate surface area is 239 Å². The fraction of sp³-hybridized carbons (Fsp3) is 0.714. The number of rotatable bonds is 6. The van der Waals surface area contributed by atoms with Gasteiger partial charge in [-0.3, -0.25) is 14.9 Å². The van der Waals surface area contributed by atoms with E-state index in [2.05, 4.69) is 22.9 Å². The van der Waals surface area contributed by atoms with Crippen molar-refractivity contribution >= 4 is 46.8 Å². The minimum atomic E-state index is -0.737. The molecule has 2 bridgehead atoms. The van der Waals surface area contributed by atoms with Gasteiger partial charge < -0.3 is 20.5 Å². The van der Waals surface area contributed by atoms with Crippen LogP contribution in [0.5, 0.6) is 5.75 Å². The van der Waals surface area contributed by atoms with Gasteiger partial charge in [0.05, 0.1) is 27.1 Å². The first-order valence-corrected chi connectivity index (χ1v) is 15.6. The lowest BCUT2D eigenvalue weighted by atomic mass is 9.59. The van der Waals surface area contributed by atoms with Crippen LogP contribution in [0.3, 0.4) is 0 Å². The SMILES string of the molecule is CC1NC(C(=O)NC23CCC(NC(=O)COc4ccc(Cl)c(Cl)c4)(CC2)[C@@H](O)C3)C2(CCCCCCC2)S1. The Bertz CT molecular complexity index is 1040. The van der Waals surface area contributed by atoms with Crippen LogP contribution in [-0.2, 0) is 9.59 Å². The van der Waals surface area contributed by atoms with Gasteiger partial charge >= 0.3 is 0 Å². The molecule has 6 rings (SSSR count). The standard InChI is InChI=1S/C28H39Cl2N3O4S/c1-18-31-24(28(38-18)9-5-3-2-4-6-10-28)25(36)33-26-11-13-27(14-12-26,22(34)16-26)32-23(35)17-37-19-7-8-20(29)21(30)15-19/h7-8,15,18,22,24,31,34H,2-6,9-14,16-17H2,1H3,(H,32,35)(H,33,36)/t18?,22-,24?,26?,27?/m0/s1. The minimum absolute atomic E-state index is 0.0471. The molecule has 2 amide bonds. The van der Waals surface area contributed by atoms with Crippen molar-refractivity contribution in [3.05, 3.63) is 28.2 Å². The largest absolute Gasteiger partial charge is 0.484 e. The van der Waals surface area contributed by atoms with Crippen LogP contribution in [0.15, 0.2) is 18.2 Å². The molecule has 38 heavy (non-hydrogen) atoms. The predicted octanol–water partition coefficient (Wildman–Crippen LogP) is 4.95. The zero-order chi connectivity index (χ0) is 27.0. The van der Waals surface area contributed by atoms with Crippen molar-refractivity contribution in [3.63, 3.8) is 0 Å². The second-order valence-electron chi connectivity index (χ2n) is 11.8. The van der Waals surface area contributed by atoms with Crippen molar-refractivity contribution in [3.8, 4) is 5.75 Å². The van der Waals surface area contributed by atoms with Gasteiger partial charge in [-0.25, -0.2) is 0 Å². The lowest BCUT2D eigenvalue weighted by Crippen LogP contribution is -2.71. The number of amides is 2. The number of aliphatic hydroxyl groups is 1. The number of hydrogen-bond acceptors (Lipinski definition) is 6. The minimum Gasteiger partial charge on any atom is -0.484 e. The number of nitrogens with one attached hydrogen (secondary N) is 3. The van der Waals surface area contributed by atoms with Crippen LogP contribution in [0.25, 0.3) is 0 Å². The molecule has 1 saturated heterocycles. The Hall–Kier alpha value is -1.19. The van der Waals surface area contributed by atoms with Gasteiger partial charge in [-0.15, -0.1) is 11.8 Å². The Morgan fingerprint density at radius 3 is 2.37 bits per heavy atom. The summed E-state index contributed by atoms with van der Waals surface area (Å²) in [6.07, 6.45) is 10.7. The van der Waals surface area contributed by atoms with Crippen LogP contribution in [0.4, 0.5) is 0 Å². The van der Waals surface area contributed by atoms with Crippen molar-refractivity contribution in [1.29, 1.82) is 0 Å². The topological polar surface area (TPSA) is 99.7 Å². The quantitative estimate of drug-likeness (QED) is 0.378. The van der Waals surface area contributed by atoms with E-state index < -0.39 is 17.2 Å². The van der Waals surface area contributed by atoms with E-state index in [4.69, 9.17) is 27.9 Å². The highest BCUT2D eigenvalue weighted by atomic mass is 35.5. The molecular weight excluding hydrogens is 545 g/mol. The first kappa shape index (κ1) is 28.3. The van der Waals surface area contributed by atoms with E-state index in [0.717, 1.165) is 25.7 Å². The summed E-state index contributed by atoms with van der Waals surface area (Å²) in [4.78, 5) is 26.5. The number of carbonyl (C=O) groups excluding carboxylic acids is 2. The van der Waals surface area contributed by atoms with Gasteiger partial charge in [0, 0.05) is 16.4 Å². The van der Waals surface area contributed by atoms with E-state index >= 15 is 0 Å². The second-order valence-corrected chi connectivity index (χ2v) is 14.3. The molecular formula is C28H39Cl2N3O4S. The van der Waals surface area contributed by atoms with Crippen LogP contribution in [0, 0.1) is 0 Å². The van der Waals surface area contributed by atoms with Gasteiger partial charge in [-0.2, -0.15) is 0 Å². The second kappa shape index (κ2) is 11.4. The molecule has 210 valence electrons. The fourth-order valence-corrected chi connectivity index (χ4v) is 9.12. The van der Waals surface area contributed by atoms with Gasteiger partial charge in [-0.1, -0.05) is 55.3 Å². The highest BCUT2D eigenvalue weighted by molar-refractivity contribution is 8.01. The maximum Gasteiger partial charge on any atom is 0.258 e. The van der Waals surface area contributed by atoms with Crippen LogP contribution >= 0.6 is 35.0 Å². The molecule has 7 nitrogen and oxygen atoms in total. The summed E-state index contributed by atoms with van der Waals surface area (Å²) >= 11 is 13.9. The molecule has 1 aromatic rings. The van der Waals surface area contributed by atoms with E-state index in [1.165, 1.54) is 32.1 Å². The van der Waals surface area contributed by atoms with Crippen molar-refractivity contribution in [1.82, 2.24) is 16.0 Å². The third-order valence-corrected chi connectivity index (χ3v) is 11.5. The summed E-state index contributed by atoms with van der Waals surface area (Å²) in [6.45, 7) is 1.98. The monoisotopic (exact) mass is 583 g/mol. The average molecular weight is 585 g/mol. The highest BCUT2D eigenvalue weighted by Gasteiger charge is 2.57. The van der Waals surface area contributed by atoms with Crippen molar-refractivity contribution < 1.29 is 19.4 Å². The maximum atomic E-state index is 13.8. The Balaban J connectivity index is 1.19. The molecule has 0 radical (unpaired) electrons.